The van der Waals surface area contributed by atoms with Gasteiger partial charge < -0.3 is 15.3 Å². The molecule has 1 aromatic rings. The van der Waals surface area contributed by atoms with Crippen molar-refractivity contribution in [2.75, 3.05) is 0 Å². The Hall–Kier alpha value is -1.28. The maximum atomic E-state index is 10.3. The van der Waals surface area contributed by atoms with Crippen LogP contribution in [0.3, 0.4) is 0 Å². The van der Waals surface area contributed by atoms with Gasteiger partial charge in [0.25, 0.3) is 0 Å². The van der Waals surface area contributed by atoms with Crippen molar-refractivity contribution in [1.82, 2.24) is 0 Å². The zero-order valence-corrected chi connectivity index (χ0v) is 11.8. The average molecular weight is 311 g/mol. The maximum absolute atomic E-state index is 10.3. The Kier molecular flexibility index (Phi) is 4.23. The SMILES string of the molecule is C#C/C=C/C(C)(C)C(O)(O)c1cccc(O)c1Br. The van der Waals surface area contributed by atoms with E-state index < -0.39 is 11.2 Å². The van der Waals surface area contributed by atoms with Gasteiger partial charge in [-0.3, -0.25) is 0 Å². The van der Waals surface area contributed by atoms with E-state index in [-0.39, 0.29) is 15.8 Å². The first-order valence-electron chi connectivity index (χ1n) is 5.30. The summed E-state index contributed by atoms with van der Waals surface area (Å²) in [5.41, 5.74) is -0.843. The Bertz CT molecular complexity index is 510. The minimum absolute atomic E-state index is 0.0586. The Balaban J connectivity index is 3.33. The van der Waals surface area contributed by atoms with Crippen molar-refractivity contribution in [3.63, 3.8) is 0 Å². The van der Waals surface area contributed by atoms with Gasteiger partial charge in [0, 0.05) is 11.0 Å². The van der Waals surface area contributed by atoms with Gasteiger partial charge in [-0.05, 0) is 28.1 Å². The third-order valence-electron chi connectivity index (χ3n) is 2.85. The van der Waals surface area contributed by atoms with E-state index in [2.05, 4.69) is 21.9 Å². The van der Waals surface area contributed by atoms with Gasteiger partial charge in [0.05, 0.1) is 4.47 Å². The van der Waals surface area contributed by atoms with Gasteiger partial charge in [-0.1, -0.05) is 38.0 Å². The van der Waals surface area contributed by atoms with E-state index in [0.29, 0.717) is 0 Å². The van der Waals surface area contributed by atoms with Crippen LogP contribution in [0, 0.1) is 17.8 Å². The quantitative estimate of drug-likeness (QED) is 0.594. The van der Waals surface area contributed by atoms with E-state index in [1.807, 2.05) is 0 Å². The van der Waals surface area contributed by atoms with Crippen LogP contribution in [0.25, 0.3) is 0 Å². The molecule has 96 valence electrons. The van der Waals surface area contributed by atoms with Crippen LogP contribution < -0.4 is 0 Å². The predicted molar refractivity (Wildman–Crippen MR) is 73.7 cm³/mol. The second kappa shape index (κ2) is 5.15. The largest absolute Gasteiger partial charge is 0.507 e. The lowest BCUT2D eigenvalue weighted by atomic mass is 9.79. The molecule has 0 heterocycles. The molecule has 1 aromatic carbocycles. The smallest absolute Gasteiger partial charge is 0.199 e. The van der Waals surface area contributed by atoms with Gasteiger partial charge in [-0.15, -0.1) is 6.42 Å². The molecule has 0 amide bonds. The van der Waals surface area contributed by atoms with Crippen molar-refractivity contribution < 1.29 is 15.3 Å². The normalized spacial score (nSPS) is 12.7. The van der Waals surface area contributed by atoms with Crippen LogP contribution in [0.4, 0.5) is 0 Å². The molecule has 0 radical (unpaired) electrons. The van der Waals surface area contributed by atoms with Crippen LogP contribution in [-0.4, -0.2) is 15.3 Å². The molecule has 0 unspecified atom stereocenters. The second-order valence-corrected chi connectivity index (χ2v) is 5.33. The molecule has 0 saturated heterocycles. The molecular weight excluding hydrogens is 296 g/mol. The lowest BCUT2D eigenvalue weighted by molar-refractivity contribution is -0.228. The van der Waals surface area contributed by atoms with Crippen molar-refractivity contribution in [2.24, 2.45) is 5.41 Å². The molecule has 0 bridgehead atoms. The van der Waals surface area contributed by atoms with Gasteiger partial charge in [-0.25, -0.2) is 0 Å². The van der Waals surface area contributed by atoms with Crippen LogP contribution in [0.2, 0.25) is 0 Å². The number of hydrogen-bond acceptors (Lipinski definition) is 3. The molecule has 3 nitrogen and oxygen atoms in total. The zero-order chi connectivity index (χ0) is 14.0. The number of terminal acetylenes is 1. The number of aromatic hydroxyl groups is 1. The minimum atomic E-state index is -2.17. The maximum Gasteiger partial charge on any atom is 0.199 e. The number of rotatable bonds is 3. The molecule has 0 aliphatic heterocycles. The van der Waals surface area contributed by atoms with E-state index >= 15 is 0 Å². The molecule has 0 aliphatic rings. The third kappa shape index (κ3) is 2.59. The summed E-state index contributed by atoms with van der Waals surface area (Å²) in [6, 6.07) is 4.51. The number of benzene rings is 1. The molecule has 1 rings (SSSR count). The number of phenols is 1. The Morgan fingerprint density at radius 2 is 1.94 bits per heavy atom. The summed E-state index contributed by atoms with van der Waals surface area (Å²) in [5.74, 6) is 0.0822. The van der Waals surface area contributed by atoms with E-state index in [4.69, 9.17) is 6.42 Å². The summed E-state index contributed by atoms with van der Waals surface area (Å²) in [6.45, 7) is 3.27. The fourth-order valence-corrected chi connectivity index (χ4v) is 2.05. The van der Waals surface area contributed by atoms with Crippen molar-refractivity contribution in [2.45, 2.75) is 19.6 Å². The van der Waals surface area contributed by atoms with Gasteiger partial charge in [0.15, 0.2) is 5.79 Å². The summed E-state index contributed by atoms with van der Waals surface area (Å²) < 4.78 is 0.247. The van der Waals surface area contributed by atoms with Crippen molar-refractivity contribution in [1.29, 1.82) is 0 Å². The molecule has 0 aromatic heterocycles. The van der Waals surface area contributed by atoms with Crippen LogP contribution in [0.5, 0.6) is 5.75 Å². The van der Waals surface area contributed by atoms with E-state index in [9.17, 15) is 15.3 Å². The number of allylic oxidation sites excluding steroid dienone is 1. The molecular formula is C14H15BrO3. The van der Waals surface area contributed by atoms with Crippen LogP contribution in [0.15, 0.2) is 34.8 Å². The summed E-state index contributed by atoms with van der Waals surface area (Å²) >= 11 is 3.14. The van der Waals surface area contributed by atoms with Gasteiger partial charge in [0.2, 0.25) is 0 Å². The minimum Gasteiger partial charge on any atom is -0.507 e. The topological polar surface area (TPSA) is 60.7 Å². The average Bonchev–Trinajstić information content (AvgIpc) is 2.29. The highest BCUT2D eigenvalue weighted by Crippen LogP contribution is 2.43. The predicted octanol–water partition coefficient (Wildman–Crippen LogP) is 2.51. The first kappa shape index (κ1) is 14.8. The second-order valence-electron chi connectivity index (χ2n) is 4.53. The van der Waals surface area contributed by atoms with Crippen molar-refractivity contribution in [3.8, 4) is 18.1 Å². The lowest BCUT2D eigenvalue weighted by Gasteiger charge is -2.36. The number of aliphatic hydroxyl groups is 2. The molecule has 4 heteroatoms. The Morgan fingerprint density at radius 1 is 1.33 bits per heavy atom. The lowest BCUT2D eigenvalue weighted by Crippen LogP contribution is -2.40. The van der Waals surface area contributed by atoms with Crippen LogP contribution in [0.1, 0.15) is 19.4 Å². The summed E-state index contributed by atoms with van der Waals surface area (Å²) in [6.07, 6.45) is 8.07. The molecule has 0 spiro atoms. The number of hydrogen-bond donors (Lipinski definition) is 3. The Labute approximate surface area is 115 Å². The standard InChI is InChI=1S/C14H15BrO3/c1-4-5-9-13(2,3)14(17,18)10-7-6-8-11(16)12(10)15/h1,5-9,16-18H,2-3H3/b9-5+. The Morgan fingerprint density at radius 3 is 2.50 bits per heavy atom. The molecule has 0 fully saturated rings. The van der Waals surface area contributed by atoms with Crippen LogP contribution >= 0.6 is 15.9 Å². The van der Waals surface area contributed by atoms with E-state index in [1.54, 1.807) is 13.8 Å². The number of phenolic OH excluding ortho intramolecular Hbond substituents is 1. The highest BCUT2D eigenvalue weighted by molar-refractivity contribution is 9.10. The molecule has 0 saturated carbocycles. The first-order chi connectivity index (χ1) is 8.24. The van der Waals surface area contributed by atoms with Gasteiger partial charge in [0.1, 0.15) is 5.75 Å². The molecule has 0 aliphatic carbocycles. The molecule has 0 atom stereocenters. The highest BCUT2D eigenvalue weighted by atomic mass is 79.9. The van der Waals surface area contributed by atoms with Crippen LogP contribution in [-0.2, 0) is 5.79 Å². The van der Waals surface area contributed by atoms with Gasteiger partial charge in [-0.2, -0.15) is 0 Å². The summed E-state index contributed by atoms with van der Waals surface area (Å²) in [7, 11) is 0. The fraction of sp³-hybridized carbons (Fsp3) is 0.286. The summed E-state index contributed by atoms with van der Waals surface area (Å²) in [5, 5.41) is 30.3. The van der Waals surface area contributed by atoms with E-state index in [1.165, 1.54) is 30.4 Å². The molecule has 3 N–H and O–H groups in total. The zero-order valence-electron chi connectivity index (χ0n) is 10.2. The van der Waals surface area contributed by atoms with E-state index in [0.717, 1.165) is 0 Å². The van der Waals surface area contributed by atoms with Crippen molar-refractivity contribution in [3.05, 3.63) is 40.4 Å². The van der Waals surface area contributed by atoms with Crippen molar-refractivity contribution >= 4 is 15.9 Å². The third-order valence-corrected chi connectivity index (χ3v) is 3.68. The number of halogens is 1. The first-order valence-corrected chi connectivity index (χ1v) is 6.10. The van der Waals surface area contributed by atoms with Gasteiger partial charge >= 0.3 is 0 Å². The fourth-order valence-electron chi connectivity index (χ4n) is 1.51. The summed E-state index contributed by atoms with van der Waals surface area (Å²) in [4.78, 5) is 0. The monoisotopic (exact) mass is 310 g/mol. The molecule has 18 heavy (non-hydrogen) atoms. The highest BCUT2D eigenvalue weighted by Gasteiger charge is 2.43.